The van der Waals surface area contributed by atoms with Gasteiger partial charge in [0.25, 0.3) is 5.91 Å². The van der Waals surface area contributed by atoms with Crippen LogP contribution in [-0.4, -0.2) is 18.4 Å². The van der Waals surface area contributed by atoms with Crippen molar-refractivity contribution in [2.75, 3.05) is 6.54 Å². The van der Waals surface area contributed by atoms with Crippen LogP contribution in [0.2, 0.25) is 15.1 Å². The minimum Gasteiger partial charge on any atom is -0.366 e. The van der Waals surface area contributed by atoms with Crippen molar-refractivity contribution in [3.8, 4) is 0 Å². The standard InChI is InChI=1S/C18H13Cl3N2O2S/c19-11-7-12(20)14-13(8-11)26-16(15(14)21)18(25)23-5-4-9-2-1-3-10(6-9)17(22)24/h1-3,6-8H,4-5H2,(H2,22,24)(H,23,25). The maximum Gasteiger partial charge on any atom is 0.262 e. The lowest BCUT2D eigenvalue weighted by Crippen LogP contribution is -2.25. The molecule has 0 radical (unpaired) electrons. The summed E-state index contributed by atoms with van der Waals surface area (Å²) in [7, 11) is 0. The molecule has 134 valence electrons. The van der Waals surface area contributed by atoms with Gasteiger partial charge in [-0.05, 0) is 36.2 Å². The van der Waals surface area contributed by atoms with E-state index in [1.54, 1.807) is 30.3 Å². The van der Waals surface area contributed by atoms with E-state index in [2.05, 4.69) is 5.32 Å². The molecule has 0 bridgehead atoms. The van der Waals surface area contributed by atoms with Crippen molar-refractivity contribution < 1.29 is 9.59 Å². The first-order chi connectivity index (χ1) is 12.4. The van der Waals surface area contributed by atoms with E-state index in [1.165, 1.54) is 11.3 Å². The number of hydrogen-bond acceptors (Lipinski definition) is 3. The third-order valence-corrected chi connectivity index (χ3v) is 5.91. The molecule has 0 aliphatic rings. The number of thiophene rings is 1. The average molecular weight is 428 g/mol. The van der Waals surface area contributed by atoms with Gasteiger partial charge >= 0.3 is 0 Å². The van der Waals surface area contributed by atoms with E-state index >= 15 is 0 Å². The molecule has 2 amide bonds. The number of nitrogens with one attached hydrogen (secondary N) is 1. The highest BCUT2D eigenvalue weighted by Gasteiger charge is 2.19. The van der Waals surface area contributed by atoms with Crippen LogP contribution in [0.25, 0.3) is 10.1 Å². The molecule has 1 aromatic heterocycles. The van der Waals surface area contributed by atoms with Crippen LogP contribution in [0.3, 0.4) is 0 Å². The van der Waals surface area contributed by atoms with Gasteiger partial charge in [0.05, 0.1) is 10.0 Å². The summed E-state index contributed by atoms with van der Waals surface area (Å²) in [6.45, 7) is 0.389. The van der Waals surface area contributed by atoms with Crippen LogP contribution in [0.15, 0.2) is 36.4 Å². The second-order valence-corrected chi connectivity index (χ2v) is 7.85. The summed E-state index contributed by atoms with van der Waals surface area (Å²) in [5.74, 6) is -0.766. The van der Waals surface area contributed by atoms with Gasteiger partial charge in [0.2, 0.25) is 5.91 Å². The van der Waals surface area contributed by atoms with Gasteiger partial charge < -0.3 is 11.1 Å². The number of amides is 2. The van der Waals surface area contributed by atoms with Crippen molar-refractivity contribution in [1.82, 2.24) is 5.32 Å². The lowest BCUT2D eigenvalue weighted by Gasteiger charge is -2.05. The summed E-state index contributed by atoms with van der Waals surface area (Å²) >= 11 is 19.7. The van der Waals surface area contributed by atoms with Gasteiger partial charge in [-0.15, -0.1) is 11.3 Å². The van der Waals surface area contributed by atoms with Crippen LogP contribution in [0, 0.1) is 0 Å². The quantitative estimate of drug-likeness (QED) is 0.606. The summed E-state index contributed by atoms with van der Waals surface area (Å²) in [6, 6.07) is 10.3. The second kappa shape index (κ2) is 7.84. The maximum atomic E-state index is 12.5. The van der Waals surface area contributed by atoms with Gasteiger partial charge in [0.15, 0.2) is 0 Å². The third-order valence-electron chi connectivity index (χ3n) is 3.77. The predicted molar refractivity (Wildman–Crippen MR) is 108 cm³/mol. The molecule has 8 heteroatoms. The van der Waals surface area contributed by atoms with E-state index in [-0.39, 0.29) is 5.91 Å². The van der Waals surface area contributed by atoms with Crippen LogP contribution < -0.4 is 11.1 Å². The molecule has 0 aliphatic carbocycles. The molecule has 3 aromatic rings. The topological polar surface area (TPSA) is 72.2 Å². The second-order valence-electron chi connectivity index (χ2n) is 5.58. The molecule has 0 unspecified atom stereocenters. The summed E-state index contributed by atoms with van der Waals surface area (Å²) in [4.78, 5) is 24.1. The van der Waals surface area contributed by atoms with E-state index in [9.17, 15) is 9.59 Å². The fourth-order valence-electron chi connectivity index (χ4n) is 2.54. The Kier molecular flexibility index (Phi) is 5.73. The van der Waals surface area contributed by atoms with Gasteiger partial charge in [0, 0.05) is 27.2 Å². The molecule has 2 aromatic carbocycles. The summed E-state index contributed by atoms with van der Waals surface area (Å²) < 4.78 is 0.756. The van der Waals surface area contributed by atoms with E-state index in [4.69, 9.17) is 40.5 Å². The highest BCUT2D eigenvalue weighted by molar-refractivity contribution is 7.21. The summed E-state index contributed by atoms with van der Waals surface area (Å²) in [6.07, 6.45) is 0.557. The Labute approximate surface area is 168 Å². The SMILES string of the molecule is NC(=O)c1cccc(CCNC(=O)c2sc3cc(Cl)cc(Cl)c3c2Cl)c1. The number of nitrogens with two attached hydrogens (primary N) is 1. The molecule has 26 heavy (non-hydrogen) atoms. The van der Waals surface area contributed by atoms with Crippen molar-refractivity contribution in [3.05, 3.63) is 67.5 Å². The molecule has 0 saturated heterocycles. The van der Waals surface area contributed by atoms with Crippen LogP contribution >= 0.6 is 46.1 Å². The number of hydrogen-bond donors (Lipinski definition) is 2. The molecule has 0 atom stereocenters. The molecule has 4 nitrogen and oxygen atoms in total. The smallest absolute Gasteiger partial charge is 0.262 e. The molecule has 3 N–H and O–H groups in total. The Morgan fingerprint density at radius 2 is 1.88 bits per heavy atom. The van der Waals surface area contributed by atoms with Gasteiger partial charge in [0.1, 0.15) is 4.88 Å². The molecule has 0 aliphatic heterocycles. The zero-order valence-electron chi connectivity index (χ0n) is 13.3. The molecular formula is C18H13Cl3N2O2S. The Morgan fingerprint density at radius 1 is 1.12 bits per heavy atom. The minimum atomic E-state index is -0.483. The van der Waals surface area contributed by atoms with Crippen LogP contribution in [0.4, 0.5) is 0 Å². The number of rotatable bonds is 5. The van der Waals surface area contributed by atoms with Gasteiger partial charge in [-0.2, -0.15) is 0 Å². The lowest BCUT2D eigenvalue weighted by atomic mass is 10.1. The number of carbonyl (C=O) groups excluding carboxylic acids is 2. The molecule has 0 spiro atoms. The van der Waals surface area contributed by atoms with Crippen LogP contribution in [-0.2, 0) is 6.42 Å². The number of benzene rings is 2. The lowest BCUT2D eigenvalue weighted by molar-refractivity contribution is 0.0956. The highest BCUT2D eigenvalue weighted by atomic mass is 35.5. The molecule has 3 rings (SSSR count). The molecule has 1 heterocycles. The summed E-state index contributed by atoms with van der Waals surface area (Å²) in [5.41, 5.74) is 6.61. The molecule has 0 fully saturated rings. The van der Waals surface area contributed by atoms with Crippen molar-refractivity contribution >= 4 is 68.0 Å². The first-order valence-electron chi connectivity index (χ1n) is 7.61. The van der Waals surface area contributed by atoms with Crippen LogP contribution in [0.1, 0.15) is 25.6 Å². The maximum absolute atomic E-state index is 12.5. The largest absolute Gasteiger partial charge is 0.366 e. The Balaban J connectivity index is 1.72. The van der Waals surface area contributed by atoms with Gasteiger partial charge in [-0.3, -0.25) is 9.59 Å². The minimum absolute atomic E-state index is 0.283. The van der Waals surface area contributed by atoms with E-state index in [1.807, 2.05) is 6.07 Å². The molecular weight excluding hydrogens is 415 g/mol. The van der Waals surface area contributed by atoms with Crippen LogP contribution in [0.5, 0.6) is 0 Å². The zero-order valence-corrected chi connectivity index (χ0v) is 16.4. The molecule has 0 saturated carbocycles. The predicted octanol–water partition coefficient (Wildman–Crippen LogP) is 4.93. The normalized spacial score (nSPS) is 10.9. The monoisotopic (exact) mass is 426 g/mol. The van der Waals surface area contributed by atoms with E-state index < -0.39 is 5.91 Å². The highest BCUT2D eigenvalue weighted by Crippen LogP contribution is 2.41. The van der Waals surface area contributed by atoms with E-state index in [0.29, 0.717) is 43.9 Å². The van der Waals surface area contributed by atoms with Gasteiger partial charge in [-0.25, -0.2) is 0 Å². The van der Waals surface area contributed by atoms with Gasteiger partial charge in [-0.1, -0.05) is 46.9 Å². The van der Waals surface area contributed by atoms with Crippen molar-refractivity contribution in [3.63, 3.8) is 0 Å². The average Bonchev–Trinajstić information content (AvgIpc) is 2.91. The third kappa shape index (κ3) is 3.96. The number of halogens is 3. The first kappa shape index (κ1) is 19.0. The van der Waals surface area contributed by atoms with Crippen molar-refractivity contribution in [1.29, 1.82) is 0 Å². The number of carbonyl (C=O) groups is 2. The van der Waals surface area contributed by atoms with Crippen molar-refractivity contribution in [2.24, 2.45) is 5.73 Å². The van der Waals surface area contributed by atoms with E-state index in [0.717, 1.165) is 10.3 Å². The fraction of sp³-hybridized carbons (Fsp3) is 0.111. The zero-order chi connectivity index (χ0) is 18.8. The Bertz CT molecular complexity index is 1020. The summed E-state index contributed by atoms with van der Waals surface area (Å²) in [5, 5.41) is 4.67. The Hall–Kier alpha value is -1.79. The Morgan fingerprint density at radius 3 is 2.62 bits per heavy atom. The number of primary amides is 1. The van der Waals surface area contributed by atoms with Crippen molar-refractivity contribution in [2.45, 2.75) is 6.42 Å². The number of fused-ring (bicyclic) bond motifs is 1. The fourth-order valence-corrected chi connectivity index (χ4v) is 4.83. The first-order valence-corrected chi connectivity index (χ1v) is 9.56.